The number of fused-ring (bicyclic) bond motifs is 1. The predicted octanol–water partition coefficient (Wildman–Crippen LogP) is 6.34. The van der Waals surface area contributed by atoms with E-state index in [1.165, 1.54) is 20.0 Å². The number of nitrogens with zero attached hydrogens (tertiary/aromatic N) is 4. The number of hydrogen-bond donors (Lipinski definition) is 2. The average molecular weight is 578 g/mol. The summed E-state index contributed by atoms with van der Waals surface area (Å²) in [4.78, 5) is 20.4. The van der Waals surface area contributed by atoms with Gasteiger partial charge < -0.3 is 20.5 Å². The fraction of sp³-hybridized carbons (Fsp3) is 0.500. The first-order valence-corrected chi connectivity index (χ1v) is 12.3. The van der Waals surface area contributed by atoms with Crippen molar-refractivity contribution in [1.29, 1.82) is 0 Å². The van der Waals surface area contributed by atoms with Crippen molar-refractivity contribution in [3.8, 4) is 11.3 Å². The number of rotatable bonds is 5. The second kappa shape index (κ2) is 11.5. The quantitative estimate of drug-likeness (QED) is 0.343. The summed E-state index contributed by atoms with van der Waals surface area (Å²) in [5, 5.41) is 10.9. The number of hydrogen-bond acceptors (Lipinski definition) is 6. The van der Waals surface area contributed by atoms with Crippen molar-refractivity contribution < 1.29 is 41.0 Å². The summed E-state index contributed by atoms with van der Waals surface area (Å²) >= 11 is 0. The molecule has 0 spiro atoms. The Balaban J connectivity index is 0.00000274. The highest BCUT2D eigenvalue weighted by molar-refractivity contribution is 5.72. The molecule has 0 bridgehead atoms. The molecule has 0 fully saturated rings. The van der Waals surface area contributed by atoms with Crippen LogP contribution in [0.1, 0.15) is 57.9 Å². The molecule has 14 heteroatoms. The lowest BCUT2D eigenvalue weighted by Gasteiger charge is -2.33. The van der Waals surface area contributed by atoms with Crippen molar-refractivity contribution in [2.45, 2.75) is 71.5 Å². The van der Waals surface area contributed by atoms with E-state index in [0.29, 0.717) is 11.8 Å². The van der Waals surface area contributed by atoms with Crippen molar-refractivity contribution in [2.75, 3.05) is 19.3 Å². The summed E-state index contributed by atoms with van der Waals surface area (Å²) in [5.74, 6) is -0.517. The van der Waals surface area contributed by atoms with Crippen molar-refractivity contribution in [1.82, 2.24) is 19.3 Å². The van der Waals surface area contributed by atoms with Gasteiger partial charge in [0.25, 0.3) is 0 Å². The van der Waals surface area contributed by atoms with E-state index in [9.17, 15) is 36.2 Å². The minimum Gasteiger partial charge on any atom is -0.444 e. The topological polar surface area (TPSA) is 106 Å². The number of alkyl halides is 6. The largest absolute Gasteiger partial charge is 0.444 e. The van der Waals surface area contributed by atoms with Crippen LogP contribution >= 0.6 is 0 Å². The number of amides is 1. The molecular weight excluding hydrogens is 544 g/mol. The molecule has 40 heavy (non-hydrogen) atoms. The Bertz CT molecular complexity index is 1350. The number of aromatic nitrogens is 3. The van der Waals surface area contributed by atoms with Crippen molar-refractivity contribution >= 4 is 17.6 Å². The SMILES string of the molecule is CC.Cc1ccc(C(O)(CCN(C)C(=O)OC(C)(C)C)C(F)(F)F)cc1-c1cnc2c(N)nc(C(F)(F)F)cn12. The van der Waals surface area contributed by atoms with E-state index < -0.39 is 59.7 Å². The molecule has 8 nitrogen and oxygen atoms in total. The lowest BCUT2D eigenvalue weighted by molar-refractivity contribution is -0.269. The van der Waals surface area contributed by atoms with Gasteiger partial charge in [-0.1, -0.05) is 26.0 Å². The van der Waals surface area contributed by atoms with Gasteiger partial charge in [0.1, 0.15) is 5.60 Å². The van der Waals surface area contributed by atoms with Gasteiger partial charge in [0.05, 0.1) is 11.9 Å². The number of nitrogen functional groups attached to an aromatic ring is 1. The molecule has 0 saturated heterocycles. The number of carbonyl (C=O) groups excluding carboxylic acids is 1. The number of carbonyl (C=O) groups is 1. The van der Waals surface area contributed by atoms with E-state index in [-0.39, 0.29) is 16.9 Å². The highest BCUT2D eigenvalue weighted by Crippen LogP contribution is 2.43. The summed E-state index contributed by atoms with van der Waals surface area (Å²) in [6.45, 7) is 9.82. The Morgan fingerprint density at radius 1 is 1.12 bits per heavy atom. The number of aryl methyl sites for hydroxylation is 1. The molecule has 0 aliphatic rings. The summed E-state index contributed by atoms with van der Waals surface area (Å²) in [5.41, 5.74) is -0.154. The molecular formula is C26H33F6N5O3. The number of aliphatic hydroxyl groups is 1. The zero-order chi connectivity index (χ0) is 30.8. The molecule has 0 aliphatic carbocycles. The maximum Gasteiger partial charge on any atom is 0.434 e. The van der Waals surface area contributed by atoms with Crippen LogP contribution in [0.5, 0.6) is 0 Å². The second-order valence-electron chi connectivity index (χ2n) is 9.89. The zero-order valence-electron chi connectivity index (χ0n) is 23.2. The summed E-state index contributed by atoms with van der Waals surface area (Å²) in [6.07, 6.45) is -10.0. The van der Waals surface area contributed by atoms with E-state index in [4.69, 9.17) is 10.5 Å². The third-order valence-electron chi connectivity index (χ3n) is 5.78. The molecule has 3 N–H and O–H groups in total. The van der Waals surface area contributed by atoms with Gasteiger partial charge in [-0.25, -0.2) is 14.8 Å². The number of halogens is 6. The Kier molecular flexibility index (Phi) is 9.40. The van der Waals surface area contributed by atoms with Crippen LogP contribution in [0.15, 0.2) is 30.6 Å². The number of ether oxygens (including phenoxy) is 1. The van der Waals surface area contributed by atoms with Crippen LogP contribution in [0.3, 0.4) is 0 Å². The molecule has 1 unspecified atom stereocenters. The Labute approximate surface area is 227 Å². The molecule has 1 aromatic carbocycles. The normalized spacial score (nSPS) is 13.8. The fourth-order valence-corrected chi connectivity index (χ4v) is 3.71. The van der Waals surface area contributed by atoms with Crippen LogP contribution in [-0.2, 0) is 16.5 Å². The van der Waals surface area contributed by atoms with Gasteiger partial charge in [-0.05, 0) is 44.9 Å². The number of anilines is 1. The van der Waals surface area contributed by atoms with Crippen molar-refractivity contribution in [3.63, 3.8) is 0 Å². The standard InChI is InChI=1S/C24H27F6N5O3.C2H6/c1-13-6-7-14(22(37,24(28,29)30)8-9-34(5)20(36)38-21(2,3)4)10-15(13)16-11-32-19-18(31)33-17(12-35(16)19)23(25,26)27;1-2/h6-7,10-12,37H,8-9H2,1-5H3,(H2,31,33);1-2H3. The molecule has 0 radical (unpaired) electrons. The van der Waals surface area contributed by atoms with Gasteiger partial charge >= 0.3 is 18.4 Å². The number of nitrogens with two attached hydrogens (primary N) is 1. The third-order valence-corrected chi connectivity index (χ3v) is 5.78. The first-order valence-electron chi connectivity index (χ1n) is 12.3. The lowest BCUT2D eigenvalue weighted by atomic mass is 9.87. The van der Waals surface area contributed by atoms with Crippen LogP contribution < -0.4 is 5.73 Å². The van der Waals surface area contributed by atoms with Gasteiger partial charge in [-0.3, -0.25) is 4.40 Å². The highest BCUT2D eigenvalue weighted by Gasteiger charge is 2.55. The smallest absolute Gasteiger partial charge is 0.434 e. The Hall–Kier alpha value is -3.55. The molecule has 1 amide bonds. The van der Waals surface area contributed by atoms with Crippen LogP contribution in [0.4, 0.5) is 37.0 Å². The molecule has 3 aromatic rings. The van der Waals surface area contributed by atoms with Gasteiger partial charge in [0.15, 0.2) is 22.8 Å². The summed E-state index contributed by atoms with van der Waals surface area (Å²) in [7, 11) is 1.24. The first kappa shape index (κ1) is 32.7. The van der Waals surface area contributed by atoms with E-state index in [1.807, 2.05) is 13.8 Å². The van der Waals surface area contributed by atoms with E-state index >= 15 is 0 Å². The van der Waals surface area contributed by atoms with Crippen molar-refractivity contribution in [3.05, 3.63) is 47.4 Å². The van der Waals surface area contributed by atoms with Gasteiger partial charge in [-0.15, -0.1) is 0 Å². The monoisotopic (exact) mass is 577 g/mol. The van der Waals surface area contributed by atoms with E-state index in [1.54, 1.807) is 20.8 Å². The maximum absolute atomic E-state index is 14.2. The molecule has 2 aromatic heterocycles. The maximum atomic E-state index is 14.2. The van der Waals surface area contributed by atoms with Crippen LogP contribution in [0.2, 0.25) is 0 Å². The van der Waals surface area contributed by atoms with Crippen molar-refractivity contribution in [2.24, 2.45) is 0 Å². The number of benzene rings is 1. The van der Waals surface area contributed by atoms with Gasteiger partial charge in [0, 0.05) is 31.8 Å². The van der Waals surface area contributed by atoms with E-state index in [2.05, 4.69) is 9.97 Å². The first-order chi connectivity index (χ1) is 18.2. The predicted molar refractivity (Wildman–Crippen MR) is 137 cm³/mol. The average Bonchev–Trinajstić information content (AvgIpc) is 3.26. The third kappa shape index (κ3) is 6.95. The van der Waals surface area contributed by atoms with Gasteiger partial charge in [0.2, 0.25) is 0 Å². The van der Waals surface area contributed by atoms with Gasteiger partial charge in [-0.2, -0.15) is 26.3 Å². The molecule has 2 heterocycles. The second-order valence-corrected chi connectivity index (χ2v) is 9.89. The Morgan fingerprint density at radius 3 is 2.25 bits per heavy atom. The van der Waals surface area contributed by atoms with Crippen LogP contribution in [0.25, 0.3) is 16.9 Å². The molecule has 0 aliphatic heterocycles. The summed E-state index contributed by atoms with van der Waals surface area (Å²) in [6, 6.07) is 3.40. The van der Waals surface area contributed by atoms with Crippen LogP contribution in [-0.4, -0.2) is 55.8 Å². The van der Waals surface area contributed by atoms with E-state index in [0.717, 1.165) is 27.6 Å². The highest BCUT2D eigenvalue weighted by atomic mass is 19.4. The molecule has 1 atom stereocenters. The number of imidazole rings is 1. The summed E-state index contributed by atoms with van der Waals surface area (Å²) < 4.78 is 88.8. The lowest BCUT2D eigenvalue weighted by Crippen LogP contribution is -2.45. The Morgan fingerprint density at radius 2 is 1.73 bits per heavy atom. The fourth-order valence-electron chi connectivity index (χ4n) is 3.71. The van der Waals surface area contributed by atoms with Crippen LogP contribution in [0, 0.1) is 6.92 Å². The minimum atomic E-state index is -5.16. The minimum absolute atomic E-state index is 0.00866. The molecule has 0 saturated carbocycles. The molecule has 222 valence electrons. The zero-order valence-corrected chi connectivity index (χ0v) is 23.2. The molecule has 3 rings (SSSR count).